The Morgan fingerprint density at radius 2 is 1.86 bits per heavy atom. The van der Waals surface area contributed by atoms with Crippen molar-refractivity contribution in [3.8, 4) is 11.1 Å². The van der Waals surface area contributed by atoms with E-state index in [1.165, 1.54) is 0 Å². The van der Waals surface area contributed by atoms with Gasteiger partial charge in [0.25, 0.3) is 15.9 Å². The molecule has 10 heteroatoms. The van der Waals surface area contributed by atoms with E-state index in [1.54, 1.807) is 12.1 Å². The number of aliphatic imine (C=N–C) groups is 1. The Hall–Kier alpha value is -3.50. The first-order valence-corrected chi connectivity index (χ1v) is 17.0. The Balaban J connectivity index is 1.32. The van der Waals surface area contributed by atoms with Gasteiger partial charge in [0.1, 0.15) is 17.1 Å². The van der Waals surface area contributed by atoms with Gasteiger partial charge in [-0.1, -0.05) is 67.7 Å². The van der Waals surface area contributed by atoms with Crippen LogP contribution in [0.3, 0.4) is 0 Å². The van der Waals surface area contributed by atoms with Crippen LogP contribution < -0.4 is 4.72 Å². The zero-order valence-electron chi connectivity index (χ0n) is 25.0. The minimum atomic E-state index is -3.97. The molecule has 3 aliphatic rings. The number of hydrogen-bond donors (Lipinski definition) is 1. The van der Waals surface area contributed by atoms with Crippen LogP contribution in [0.5, 0.6) is 0 Å². The summed E-state index contributed by atoms with van der Waals surface area (Å²) in [5.74, 6) is 2.03. The molecule has 0 saturated heterocycles. The van der Waals surface area contributed by atoms with E-state index >= 15 is 0 Å². The Morgan fingerprint density at radius 3 is 2.65 bits per heavy atom. The van der Waals surface area contributed by atoms with E-state index in [-0.39, 0.29) is 16.6 Å². The topological polar surface area (TPSA) is 114 Å². The first kappa shape index (κ1) is 29.6. The fourth-order valence-electron chi connectivity index (χ4n) is 6.63. The van der Waals surface area contributed by atoms with Crippen molar-refractivity contribution in [3.05, 3.63) is 64.9 Å². The maximum absolute atomic E-state index is 13.7. The fourth-order valence-corrected chi connectivity index (χ4v) is 7.88. The number of anilines is 1. The normalized spacial score (nSPS) is 17.6. The molecule has 9 nitrogen and oxygen atoms in total. The minimum absolute atomic E-state index is 0.119. The van der Waals surface area contributed by atoms with Crippen LogP contribution in [0.15, 0.2) is 56.9 Å². The van der Waals surface area contributed by atoms with Gasteiger partial charge in [0.05, 0.1) is 18.0 Å². The Labute approximate surface area is 253 Å². The smallest absolute Gasteiger partial charge is 0.263 e. The molecule has 0 radical (unpaired) electrons. The van der Waals surface area contributed by atoms with Crippen molar-refractivity contribution in [2.75, 3.05) is 11.3 Å². The third-order valence-electron chi connectivity index (χ3n) is 8.85. The number of nitrogens with one attached hydrogen (secondary N) is 1. The molecule has 1 aliphatic heterocycles. The Morgan fingerprint density at radius 1 is 1.05 bits per heavy atom. The van der Waals surface area contributed by atoms with Crippen molar-refractivity contribution in [3.63, 3.8) is 0 Å². The van der Waals surface area contributed by atoms with Crippen LogP contribution in [-0.4, -0.2) is 42.4 Å². The lowest BCUT2D eigenvalue weighted by atomic mass is 9.96. The first-order valence-electron chi connectivity index (χ1n) is 15.5. The molecule has 3 aromatic rings. The van der Waals surface area contributed by atoms with E-state index in [4.69, 9.17) is 14.3 Å². The van der Waals surface area contributed by atoms with Crippen molar-refractivity contribution in [2.24, 2.45) is 4.99 Å². The highest BCUT2D eigenvalue weighted by Gasteiger charge is 2.49. The van der Waals surface area contributed by atoms with Gasteiger partial charge < -0.3 is 9.26 Å². The molecule has 2 aromatic carbocycles. The Kier molecular flexibility index (Phi) is 8.42. The van der Waals surface area contributed by atoms with E-state index < -0.39 is 15.6 Å². The van der Waals surface area contributed by atoms with E-state index in [2.05, 4.69) is 16.8 Å². The van der Waals surface area contributed by atoms with Crippen LogP contribution >= 0.6 is 0 Å². The number of unbranched alkanes of at least 4 members (excludes halogenated alkanes) is 1. The number of hydrogen-bond acceptors (Lipinski definition) is 7. The fraction of sp³-hybridized carbons (Fsp3) is 0.485. The molecule has 228 valence electrons. The molecule has 2 heterocycles. The molecular formula is C33H40N4O5S. The number of sulfonamides is 1. The van der Waals surface area contributed by atoms with Gasteiger partial charge in [-0.25, -0.2) is 8.42 Å². The van der Waals surface area contributed by atoms with Crippen LogP contribution in [0.25, 0.3) is 11.1 Å². The number of fused-ring (bicyclic) bond motifs is 1. The molecule has 43 heavy (non-hydrogen) atoms. The highest BCUT2D eigenvalue weighted by molar-refractivity contribution is 7.92. The van der Waals surface area contributed by atoms with Crippen LogP contribution in [0.2, 0.25) is 0 Å². The van der Waals surface area contributed by atoms with E-state index in [0.29, 0.717) is 25.3 Å². The minimum Gasteiger partial charge on any atom is -0.377 e. The van der Waals surface area contributed by atoms with Gasteiger partial charge in [-0.15, -0.1) is 0 Å². The molecule has 1 N–H and O–H groups in total. The summed E-state index contributed by atoms with van der Waals surface area (Å²) in [6.07, 6.45) is 8.97. The lowest BCUT2D eigenvalue weighted by molar-refractivity contribution is -0.131. The highest BCUT2D eigenvalue weighted by atomic mass is 32.2. The molecule has 1 saturated carbocycles. The van der Waals surface area contributed by atoms with Crippen molar-refractivity contribution in [2.45, 2.75) is 102 Å². The van der Waals surface area contributed by atoms with Crippen LogP contribution in [0.1, 0.15) is 87.7 Å². The second kappa shape index (κ2) is 12.2. The number of carbonyl (C=O) groups excluding carboxylic acids is 1. The van der Waals surface area contributed by atoms with Gasteiger partial charge in [0, 0.05) is 30.6 Å². The standard InChI is InChI=1S/C33H40N4O5S/c1-3-5-15-30-34-33(18-8-9-19-33)32(38)37(30)21-23-16-17-25(24(20-23)22-41-4-2)26-11-6-7-14-29(26)43(39,40)36-31-27-12-10-13-28(27)42-35-31/h6-7,11,14,16-17,20H,3-5,8-10,12-13,15,18-19,21-22H2,1-2H3,(H,35,36). The lowest BCUT2D eigenvalue weighted by Gasteiger charge is -2.23. The summed E-state index contributed by atoms with van der Waals surface area (Å²) in [7, 11) is -3.97. The highest BCUT2D eigenvalue weighted by Crippen LogP contribution is 2.40. The summed E-state index contributed by atoms with van der Waals surface area (Å²) < 4.78 is 41.3. The largest absolute Gasteiger partial charge is 0.377 e. The summed E-state index contributed by atoms with van der Waals surface area (Å²) in [6, 6.07) is 12.9. The maximum atomic E-state index is 13.7. The number of benzene rings is 2. The van der Waals surface area contributed by atoms with Crippen LogP contribution in [0.4, 0.5) is 5.82 Å². The van der Waals surface area contributed by atoms with Gasteiger partial charge >= 0.3 is 0 Å². The van der Waals surface area contributed by atoms with Gasteiger partial charge in [-0.3, -0.25) is 19.4 Å². The summed E-state index contributed by atoms with van der Waals surface area (Å²) >= 11 is 0. The summed E-state index contributed by atoms with van der Waals surface area (Å²) in [5, 5.41) is 4.00. The zero-order chi connectivity index (χ0) is 30.0. The second-order valence-electron chi connectivity index (χ2n) is 11.8. The van der Waals surface area contributed by atoms with Gasteiger partial charge in [0.15, 0.2) is 5.82 Å². The van der Waals surface area contributed by atoms with Crippen molar-refractivity contribution < 1.29 is 22.5 Å². The predicted octanol–water partition coefficient (Wildman–Crippen LogP) is 6.41. The third kappa shape index (κ3) is 5.74. The number of ether oxygens (including phenoxy) is 1. The number of nitrogens with zero attached hydrogens (tertiary/aromatic N) is 3. The summed E-state index contributed by atoms with van der Waals surface area (Å²) in [6.45, 7) is 5.35. The average Bonchev–Trinajstić information content (AvgIpc) is 3.80. The molecule has 6 rings (SSSR count). The number of amidine groups is 1. The molecule has 0 bridgehead atoms. The molecule has 1 spiro atoms. The maximum Gasteiger partial charge on any atom is 0.263 e. The Bertz CT molecular complexity index is 1640. The van der Waals surface area contributed by atoms with Crippen molar-refractivity contribution in [1.29, 1.82) is 0 Å². The summed E-state index contributed by atoms with van der Waals surface area (Å²) in [5.41, 5.74) is 3.41. The number of aromatic nitrogens is 1. The van der Waals surface area contributed by atoms with E-state index in [9.17, 15) is 13.2 Å². The monoisotopic (exact) mass is 604 g/mol. The van der Waals surface area contributed by atoms with Crippen LogP contribution in [-0.2, 0) is 45.5 Å². The summed E-state index contributed by atoms with van der Waals surface area (Å²) in [4.78, 5) is 20.8. The first-order chi connectivity index (χ1) is 20.8. The molecule has 0 atom stereocenters. The van der Waals surface area contributed by atoms with Gasteiger partial charge in [0.2, 0.25) is 0 Å². The second-order valence-corrected chi connectivity index (χ2v) is 13.4. The SMILES string of the molecule is CCCCC1=NC2(CCCC2)C(=O)N1Cc1ccc(-c2ccccc2S(=O)(=O)Nc2noc3c2CCC3)c(COCC)c1. The van der Waals surface area contributed by atoms with E-state index in [0.717, 1.165) is 98.1 Å². The molecular weight excluding hydrogens is 564 g/mol. The average molecular weight is 605 g/mol. The zero-order valence-corrected chi connectivity index (χ0v) is 25.8. The number of aryl methyl sites for hydroxylation is 1. The number of carbonyl (C=O) groups is 1. The van der Waals surface area contributed by atoms with Gasteiger partial charge in [-0.05, 0) is 61.8 Å². The van der Waals surface area contributed by atoms with Crippen LogP contribution in [0, 0.1) is 0 Å². The van der Waals surface area contributed by atoms with Crippen molar-refractivity contribution >= 4 is 27.6 Å². The third-order valence-corrected chi connectivity index (χ3v) is 10.2. The molecule has 0 unspecified atom stereocenters. The van der Waals surface area contributed by atoms with Crippen molar-refractivity contribution in [1.82, 2.24) is 10.1 Å². The van der Waals surface area contributed by atoms with E-state index in [1.807, 2.05) is 42.2 Å². The number of amides is 1. The molecule has 1 fully saturated rings. The molecule has 2 aliphatic carbocycles. The lowest BCUT2D eigenvalue weighted by Crippen LogP contribution is -2.40. The predicted molar refractivity (Wildman–Crippen MR) is 165 cm³/mol. The molecule has 1 amide bonds. The number of rotatable bonds is 12. The molecule has 1 aromatic heterocycles. The van der Waals surface area contributed by atoms with Gasteiger partial charge in [-0.2, -0.15) is 0 Å². The quantitative estimate of drug-likeness (QED) is 0.256.